The molecule has 2 rings (SSSR count). The van der Waals surface area contributed by atoms with Crippen molar-refractivity contribution in [2.45, 2.75) is 19.4 Å². The lowest BCUT2D eigenvalue weighted by Crippen LogP contribution is -2.38. The summed E-state index contributed by atoms with van der Waals surface area (Å²) in [5, 5.41) is 11.2. The standard InChI is InChI=1S/C12H22N4O/c1-3-5-13-11-9-17-8-10(11)7-14-12-4-6-16(2)15-12/h4,6,10-11,13H,3,5,7-9H2,1-2H3,(H,14,15). The van der Waals surface area contributed by atoms with Gasteiger partial charge in [0.15, 0.2) is 0 Å². The molecule has 5 nitrogen and oxygen atoms in total. The first-order chi connectivity index (χ1) is 8.29. The number of nitrogens with one attached hydrogen (secondary N) is 2. The SMILES string of the molecule is CCCNC1COCC1CNc1ccn(C)n1. The second-order valence-electron chi connectivity index (χ2n) is 4.61. The predicted molar refractivity (Wildman–Crippen MR) is 68.1 cm³/mol. The Morgan fingerprint density at radius 1 is 1.53 bits per heavy atom. The highest BCUT2D eigenvalue weighted by molar-refractivity contribution is 5.32. The van der Waals surface area contributed by atoms with Gasteiger partial charge in [-0.05, 0) is 13.0 Å². The summed E-state index contributed by atoms with van der Waals surface area (Å²) < 4.78 is 7.34. The van der Waals surface area contributed by atoms with Gasteiger partial charge in [0, 0.05) is 37.8 Å². The van der Waals surface area contributed by atoms with E-state index in [-0.39, 0.29) is 0 Å². The second kappa shape index (κ2) is 6.02. The van der Waals surface area contributed by atoms with Crippen molar-refractivity contribution in [1.82, 2.24) is 15.1 Å². The third-order valence-corrected chi connectivity index (χ3v) is 3.11. The normalized spacial score (nSPS) is 24.1. The van der Waals surface area contributed by atoms with Crippen LogP contribution in [0.1, 0.15) is 13.3 Å². The van der Waals surface area contributed by atoms with Crippen molar-refractivity contribution in [2.75, 3.05) is 31.6 Å². The van der Waals surface area contributed by atoms with E-state index in [0.717, 1.165) is 38.5 Å². The lowest BCUT2D eigenvalue weighted by atomic mass is 10.0. The largest absolute Gasteiger partial charge is 0.379 e. The van der Waals surface area contributed by atoms with E-state index >= 15 is 0 Å². The van der Waals surface area contributed by atoms with E-state index < -0.39 is 0 Å². The van der Waals surface area contributed by atoms with Gasteiger partial charge in [-0.25, -0.2) is 0 Å². The zero-order valence-electron chi connectivity index (χ0n) is 10.6. The van der Waals surface area contributed by atoms with E-state index in [9.17, 15) is 0 Å². The smallest absolute Gasteiger partial charge is 0.147 e. The van der Waals surface area contributed by atoms with E-state index in [1.165, 1.54) is 0 Å². The second-order valence-corrected chi connectivity index (χ2v) is 4.61. The first kappa shape index (κ1) is 12.4. The maximum absolute atomic E-state index is 5.53. The monoisotopic (exact) mass is 238 g/mol. The van der Waals surface area contributed by atoms with Gasteiger partial charge < -0.3 is 15.4 Å². The zero-order chi connectivity index (χ0) is 12.1. The summed E-state index contributed by atoms with van der Waals surface area (Å²) in [5.74, 6) is 1.47. The molecule has 1 aliphatic heterocycles. The highest BCUT2D eigenvalue weighted by Crippen LogP contribution is 2.14. The van der Waals surface area contributed by atoms with Gasteiger partial charge in [0.1, 0.15) is 5.82 Å². The molecular weight excluding hydrogens is 216 g/mol. The van der Waals surface area contributed by atoms with Gasteiger partial charge in [0.25, 0.3) is 0 Å². The number of anilines is 1. The van der Waals surface area contributed by atoms with Crippen LogP contribution in [-0.2, 0) is 11.8 Å². The van der Waals surface area contributed by atoms with E-state index in [1.807, 2.05) is 19.3 Å². The van der Waals surface area contributed by atoms with Crippen LogP contribution >= 0.6 is 0 Å². The summed E-state index contributed by atoms with van der Waals surface area (Å²) in [7, 11) is 1.93. The van der Waals surface area contributed by atoms with E-state index in [0.29, 0.717) is 12.0 Å². The molecule has 1 saturated heterocycles. The Balaban J connectivity index is 1.77. The van der Waals surface area contributed by atoms with Gasteiger partial charge in [-0.3, -0.25) is 4.68 Å². The van der Waals surface area contributed by atoms with Crippen molar-refractivity contribution in [1.29, 1.82) is 0 Å². The van der Waals surface area contributed by atoms with Crippen molar-refractivity contribution >= 4 is 5.82 Å². The average Bonchev–Trinajstić information content (AvgIpc) is 2.92. The number of ether oxygens (including phenoxy) is 1. The minimum absolute atomic E-state index is 0.478. The Kier molecular flexibility index (Phi) is 4.39. The topological polar surface area (TPSA) is 51.1 Å². The van der Waals surface area contributed by atoms with Gasteiger partial charge >= 0.3 is 0 Å². The summed E-state index contributed by atoms with van der Waals surface area (Å²) in [5.41, 5.74) is 0. The first-order valence-corrected chi connectivity index (χ1v) is 6.34. The van der Waals surface area contributed by atoms with Crippen LogP contribution in [0.2, 0.25) is 0 Å². The Morgan fingerprint density at radius 2 is 2.41 bits per heavy atom. The molecule has 0 spiro atoms. The summed E-state index contributed by atoms with van der Waals surface area (Å²) in [4.78, 5) is 0. The molecule has 1 aromatic heterocycles. The molecule has 0 aliphatic carbocycles. The molecule has 2 atom stereocenters. The third kappa shape index (κ3) is 3.44. The van der Waals surface area contributed by atoms with Crippen molar-refractivity contribution in [3.8, 4) is 0 Å². The van der Waals surface area contributed by atoms with Gasteiger partial charge in [-0.15, -0.1) is 0 Å². The molecule has 2 heterocycles. The van der Waals surface area contributed by atoms with Crippen LogP contribution < -0.4 is 10.6 Å². The molecule has 0 amide bonds. The maximum Gasteiger partial charge on any atom is 0.147 e. The molecule has 0 saturated carbocycles. The lowest BCUT2D eigenvalue weighted by Gasteiger charge is -2.18. The van der Waals surface area contributed by atoms with Crippen molar-refractivity contribution in [3.63, 3.8) is 0 Å². The maximum atomic E-state index is 5.53. The Hall–Kier alpha value is -1.07. The fourth-order valence-electron chi connectivity index (χ4n) is 2.10. The summed E-state index contributed by atoms with van der Waals surface area (Å²) in [6, 6.07) is 2.47. The number of nitrogens with zero attached hydrogens (tertiary/aromatic N) is 2. The quantitative estimate of drug-likeness (QED) is 0.771. The van der Waals surface area contributed by atoms with Gasteiger partial charge in [-0.1, -0.05) is 6.92 Å². The highest BCUT2D eigenvalue weighted by atomic mass is 16.5. The van der Waals surface area contributed by atoms with E-state index in [4.69, 9.17) is 4.74 Å². The minimum atomic E-state index is 0.478. The van der Waals surface area contributed by atoms with Crippen LogP contribution in [0.15, 0.2) is 12.3 Å². The number of hydrogen-bond donors (Lipinski definition) is 2. The van der Waals surface area contributed by atoms with Crippen LogP contribution in [0, 0.1) is 5.92 Å². The van der Waals surface area contributed by atoms with E-state index in [1.54, 1.807) is 4.68 Å². The van der Waals surface area contributed by atoms with Crippen molar-refractivity contribution in [2.24, 2.45) is 13.0 Å². The molecule has 1 fully saturated rings. The van der Waals surface area contributed by atoms with Crippen molar-refractivity contribution in [3.05, 3.63) is 12.3 Å². The molecule has 0 bridgehead atoms. The Morgan fingerprint density at radius 3 is 3.12 bits per heavy atom. The predicted octanol–water partition coefficient (Wildman–Crippen LogP) is 0.847. The van der Waals surface area contributed by atoms with Gasteiger partial charge in [0.2, 0.25) is 0 Å². The van der Waals surface area contributed by atoms with E-state index in [2.05, 4.69) is 22.7 Å². The minimum Gasteiger partial charge on any atom is -0.379 e. The fraction of sp³-hybridized carbons (Fsp3) is 0.750. The number of hydrogen-bond acceptors (Lipinski definition) is 4. The van der Waals surface area contributed by atoms with Crippen LogP contribution in [0.3, 0.4) is 0 Å². The van der Waals surface area contributed by atoms with Crippen LogP contribution in [0.25, 0.3) is 0 Å². The number of aryl methyl sites for hydroxylation is 1. The van der Waals surface area contributed by atoms with Crippen LogP contribution in [0.5, 0.6) is 0 Å². The highest BCUT2D eigenvalue weighted by Gasteiger charge is 2.27. The fourth-order valence-corrected chi connectivity index (χ4v) is 2.10. The van der Waals surface area contributed by atoms with Crippen LogP contribution in [-0.4, -0.2) is 42.1 Å². The molecule has 17 heavy (non-hydrogen) atoms. The lowest BCUT2D eigenvalue weighted by molar-refractivity contribution is 0.183. The van der Waals surface area contributed by atoms with Gasteiger partial charge in [-0.2, -0.15) is 5.10 Å². The molecule has 1 aliphatic rings. The number of rotatable bonds is 6. The van der Waals surface area contributed by atoms with Gasteiger partial charge in [0.05, 0.1) is 13.2 Å². The Labute approximate surface area is 103 Å². The summed E-state index contributed by atoms with van der Waals surface area (Å²) >= 11 is 0. The molecule has 0 aromatic carbocycles. The summed E-state index contributed by atoms with van der Waals surface area (Å²) in [6.07, 6.45) is 3.11. The molecule has 0 radical (unpaired) electrons. The molecular formula is C12H22N4O. The average molecular weight is 238 g/mol. The molecule has 2 N–H and O–H groups in total. The zero-order valence-corrected chi connectivity index (χ0v) is 10.6. The van der Waals surface area contributed by atoms with Crippen LogP contribution in [0.4, 0.5) is 5.82 Å². The first-order valence-electron chi connectivity index (χ1n) is 6.34. The molecule has 96 valence electrons. The number of aromatic nitrogens is 2. The summed E-state index contributed by atoms with van der Waals surface area (Å²) in [6.45, 7) is 5.83. The molecule has 5 heteroatoms. The third-order valence-electron chi connectivity index (χ3n) is 3.11. The van der Waals surface area contributed by atoms with Crippen molar-refractivity contribution < 1.29 is 4.74 Å². The molecule has 2 unspecified atom stereocenters. The Bertz CT molecular complexity index is 339. The molecule has 1 aromatic rings.